The number of nitrogens with zero attached hydrogens (tertiary/aromatic N) is 5. The molecule has 0 aliphatic carbocycles. The summed E-state index contributed by atoms with van der Waals surface area (Å²) < 4.78 is 0. The maximum Gasteiger partial charge on any atom is 0.328 e. The van der Waals surface area contributed by atoms with Gasteiger partial charge in [-0.3, -0.25) is 29.7 Å². The van der Waals surface area contributed by atoms with Crippen LogP contribution in [0.1, 0.15) is 0 Å². The lowest BCUT2D eigenvalue weighted by molar-refractivity contribution is -0.384. The molecule has 0 saturated carbocycles. The first-order valence-corrected chi connectivity index (χ1v) is 13.7. The van der Waals surface area contributed by atoms with Crippen LogP contribution >= 0.6 is 0 Å². The van der Waals surface area contributed by atoms with Crippen LogP contribution in [0.5, 0.6) is 0 Å². The number of anilines is 4. The molecule has 0 atom stereocenters. The highest BCUT2D eigenvalue weighted by Gasteiger charge is 2.22. The Morgan fingerprint density at radius 1 is 0.535 bits per heavy atom. The van der Waals surface area contributed by atoms with Crippen LogP contribution in [0.15, 0.2) is 103 Å². The van der Waals surface area contributed by atoms with Gasteiger partial charge in [0.05, 0.1) is 10.6 Å². The Morgan fingerprint density at radius 3 is 1.47 bits per heavy atom. The largest absolute Gasteiger partial charge is 0.328 e. The van der Waals surface area contributed by atoms with Crippen LogP contribution in [0.3, 0.4) is 0 Å². The van der Waals surface area contributed by atoms with E-state index in [4.69, 9.17) is 0 Å². The highest BCUT2D eigenvalue weighted by molar-refractivity contribution is 6.26. The summed E-state index contributed by atoms with van der Waals surface area (Å²) in [6, 6.07) is 31.2. The van der Waals surface area contributed by atoms with Gasteiger partial charge in [0, 0.05) is 62.8 Å². The minimum atomic E-state index is -0.482. The number of carbonyl (C=O) groups excluding carboxylic acids is 2. The van der Waals surface area contributed by atoms with Crippen molar-refractivity contribution in [3.63, 3.8) is 0 Å². The van der Waals surface area contributed by atoms with E-state index in [1.165, 1.54) is 50.2 Å². The van der Waals surface area contributed by atoms with Gasteiger partial charge in [0.2, 0.25) is 0 Å². The number of non-ortho nitro benzene ring substituents is 1. The van der Waals surface area contributed by atoms with Crippen molar-refractivity contribution in [2.24, 2.45) is 0 Å². The highest BCUT2D eigenvalue weighted by Crippen LogP contribution is 2.39. The molecule has 0 bridgehead atoms. The standard InChI is InChI=1S/C34H29N5O4/c1-35(33(40)36(2)27-16-18-28(19-17-27)39(42)43)25-12-14-26(15-13-25)37(3)34(41)38(4)30-21-11-24-9-8-22-6-5-7-23-10-20-29(30)32(24)31(22)23/h5-21H,1-4H3. The van der Waals surface area contributed by atoms with Gasteiger partial charge in [-0.05, 0) is 69.4 Å². The van der Waals surface area contributed by atoms with E-state index in [0.29, 0.717) is 17.1 Å². The summed E-state index contributed by atoms with van der Waals surface area (Å²) >= 11 is 0. The van der Waals surface area contributed by atoms with Crippen molar-refractivity contribution in [2.45, 2.75) is 0 Å². The highest BCUT2D eigenvalue weighted by atomic mass is 16.6. The Labute approximate surface area is 248 Å². The normalized spacial score (nSPS) is 11.2. The van der Waals surface area contributed by atoms with Gasteiger partial charge in [0.25, 0.3) is 5.69 Å². The number of hydrogen-bond donors (Lipinski definition) is 0. The number of nitro groups is 1. The van der Waals surface area contributed by atoms with E-state index in [9.17, 15) is 19.7 Å². The third-order valence-electron chi connectivity index (χ3n) is 8.09. The maximum atomic E-state index is 13.7. The van der Waals surface area contributed by atoms with Gasteiger partial charge in [-0.1, -0.05) is 48.5 Å². The van der Waals surface area contributed by atoms with Gasteiger partial charge in [0.1, 0.15) is 0 Å². The van der Waals surface area contributed by atoms with Gasteiger partial charge < -0.3 is 0 Å². The lowest BCUT2D eigenvalue weighted by Gasteiger charge is -2.28. The predicted molar refractivity (Wildman–Crippen MR) is 174 cm³/mol. The number of benzene rings is 6. The summed E-state index contributed by atoms with van der Waals surface area (Å²) in [4.78, 5) is 43.4. The van der Waals surface area contributed by atoms with Crippen molar-refractivity contribution in [2.75, 3.05) is 47.8 Å². The second-order valence-corrected chi connectivity index (χ2v) is 10.5. The smallest absolute Gasteiger partial charge is 0.297 e. The van der Waals surface area contributed by atoms with Gasteiger partial charge in [-0.2, -0.15) is 0 Å². The number of rotatable bonds is 5. The molecule has 214 valence electrons. The lowest BCUT2D eigenvalue weighted by atomic mass is 9.93. The Hall–Kier alpha value is -5.70. The first-order valence-electron chi connectivity index (χ1n) is 13.7. The van der Waals surface area contributed by atoms with Gasteiger partial charge >= 0.3 is 12.1 Å². The molecule has 0 spiro atoms. The Morgan fingerprint density at radius 2 is 0.953 bits per heavy atom. The number of amides is 4. The molecule has 0 aliphatic heterocycles. The molecule has 43 heavy (non-hydrogen) atoms. The summed E-state index contributed by atoms with van der Waals surface area (Å²) in [6.45, 7) is 0. The van der Waals surface area contributed by atoms with E-state index in [0.717, 1.165) is 21.8 Å². The number of nitro benzene ring substituents is 1. The maximum absolute atomic E-state index is 13.7. The molecule has 0 radical (unpaired) electrons. The lowest BCUT2D eigenvalue weighted by Crippen LogP contribution is -2.39. The van der Waals surface area contributed by atoms with Crippen molar-refractivity contribution >= 4 is 72.8 Å². The Bertz CT molecular complexity index is 1990. The molecule has 0 saturated heterocycles. The molecule has 0 unspecified atom stereocenters. The zero-order chi connectivity index (χ0) is 30.4. The second kappa shape index (κ2) is 10.6. The van der Waals surface area contributed by atoms with E-state index in [1.54, 1.807) is 62.3 Å². The minimum Gasteiger partial charge on any atom is -0.297 e. The second-order valence-electron chi connectivity index (χ2n) is 10.5. The van der Waals surface area contributed by atoms with E-state index in [2.05, 4.69) is 48.5 Å². The minimum absolute atomic E-state index is 0.0444. The summed E-state index contributed by atoms with van der Waals surface area (Å²) in [5.74, 6) is 0. The molecule has 6 rings (SSSR count). The van der Waals surface area contributed by atoms with Gasteiger partial charge in [0.15, 0.2) is 0 Å². The zero-order valence-corrected chi connectivity index (χ0v) is 24.2. The molecule has 0 heterocycles. The number of urea groups is 2. The van der Waals surface area contributed by atoms with E-state index in [-0.39, 0.29) is 17.7 Å². The summed E-state index contributed by atoms with van der Waals surface area (Å²) in [5, 5.41) is 17.8. The van der Waals surface area contributed by atoms with Crippen molar-refractivity contribution < 1.29 is 14.5 Å². The van der Waals surface area contributed by atoms with Crippen molar-refractivity contribution in [1.82, 2.24) is 0 Å². The van der Waals surface area contributed by atoms with Crippen LogP contribution in [-0.4, -0.2) is 45.2 Å². The van der Waals surface area contributed by atoms with E-state index in [1.807, 2.05) is 6.07 Å². The molecular formula is C34H29N5O4. The van der Waals surface area contributed by atoms with Gasteiger partial charge in [-0.25, -0.2) is 9.59 Å². The van der Waals surface area contributed by atoms with Crippen LogP contribution in [0.25, 0.3) is 32.3 Å². The first-order chi connectivity index (χ1) is 20.7. The fourth-order valence-corrected chi connectivity index (χ4v) is 5.59. The third kappa shape index (κ3) is 4.70. The molecular weight excluding hydrogens is 542 g/mol. The van der Waals surface area contributed by atoms with Crippen molar-refractivity contribution in [1.29, 1.82) is 0 Å². The Balaban J connectivity index is 1.21. The van der Waals surface area contributed by atoms with Gasteiger partial charge in [-0.15, -0.1) is 0 Å². The molecule has 0 aliphatic rings. The fraction of sp³-hybridized carbons (Fsp3) is 0.118. The zero-order valence-electron chi connectivity index (χ0n) is 24.2. The quantitative estimate of drug-likeness (QED) is 0.120. The Kier molecular flexibility index (Phi) is 6.78. The van der Waals surface area contributed by atoms with Crippen LogP contribution in [-0.2, 0) is 0 Å². The molecule has 6 aromatic rings. The molecule has 6 aromatic carbocycles. The van der Waals surface area contributed by atoms with Crippen LogP contribution in [0, 0.1) is 10.1 Å². The number of hydrogen-bond acceptors (Lipinski definition) is 4. The summed E-state index contributed by atoms with van der Waals surface area (Å²) in [5.41, 5.74) is 2.60. The third-order valence-corrected chi connectivity index (χ3v) is 8.09. The van der Waals surface area contributed by atoms with Crippen molar-refractivity contribution in [3.8, 4) is 0 Å². The van der Waals surface area contributed by atoms with Crippen LogP contribution in [0.2, 0.25) is 0 Å². The summed E-state index contributed by atoms with van der Waals surface area (Å²) in [6.07, 6.45) is 0. The van der Waals surface area contributed by atoms with Crippen LogP contribution in [0.4, 0.5) is 38.0 Å². The topological polar surface area (TPSA) is 90.2 Å². The number of carbonyl (C=O) groups is 2. The summed E-state index contributed by atoms with van der Waals surface area (Å²) in [7, 11) is 6.76. The van der Waals surface area contributed by atoms with Crippen LogP contribution < -0.4 is 19.6 Å². The van der Waals surface area contributed by atoms with E-state index >= 15 is 0 Å². The molecule has 0 aromatic heterocycles. The fourth-order valence-electron chi connectivity index (χ4n) is 5.59. The first kappa shape index (κ1) is 27.5. The molecule has 4 amide bonds. The SMILES string of the molecule is CN(C(=O)N(C)c1ccc([N+](=O)[O-])cc1)c1ccc(N(C)C(=O)N(C)c2ccc3ccc4cccc5ccc2c3c45)cc1. The molecule has 0 N–H and O–H groups in total. The molecule has 9 heteroatoms. The van der Waals surface area contributed by atoms with Crippen molar-refractivity contribution in [3.05, 3.63) is 113 Å². The predicted octanol–water partition coefficient (Wildman–Crippen LogP) is 7.88. The average Bonchev–Trinajstić information content (AvgIpc) is 3.05. The van der Waals surface area contributed by atoms with E-state index < -0.39 is 4.92 Å². The molecule has 0 fully saturated rings. The molecule has 9 nitrogen and oxygen atoms in total. The monoisotopic (exact) mass is 571 g/mol. The average molecular weight is 572 g/mol.